The molecule has 0 bridgehead atoms. The maximum absolute atomic E-state index is 10.8. The lowest BCUT2D eigenvalue weighted by molar-refractivity contribution is 0.164. The minimum absolute atomic E-state index is 0.403. The molecule has 0 aromatic carbocycles. The predicted molar refractivity (Wildman–Crippen MR) is 39.2 cm³/mol. The standard InChI is InChI=1S/C7H9NO3/c1-5-6(11-2)3-4-7(9)8(5)10/h3-4,10H,1-2H3. The summed E-state index contributed by atoms with van der Waals surface area (Å²) in [6, 6.07) is 2.76. The molecule has 0 saturated heterocycles. The molecule has 0 radical (unpaired) electrons. The van der Waals surface area contributed by atoms with Gasteiger partial charge in [0.05, 0.1) is 12.8 Å². The number of hydrogen-bond donors (Lipinski definition) is 1. The third-order valence-electron chi connectivity index (χ3n) is 1.48. The molecule has 0 aliphatic carbocycles. The lowest BCUT2D eigenvalue weighted by Crippen LogP contribution is -2.18. The van der Waals surface area contributed by atoms with E-state index in [1.807, 2.05) is 0 Å². The van der Waals surface area contributed by atoms with Crippen molar-refractivity contribution in [2.24, 2.45) is 0 Å². The first kappa shape index (κ1) is 7.65. The van der Waals surface area contributed by atoms with Crippen LogP contribution in [-0.4, -0.2) is 17.0 Å². The minimum atomic E-state index is -0.455. The number of hydrogen-bond acceptors (Lipinski definition) is 3. The van der Waals surface area contributed by atoms with E-state index in [-0.39, 0.29) is 0 Å². The molecular formula is C7H9NO3. The summed E-state index contributed by atoms with van der Waals surface area (Å²) < 4.78 is 5.42. The molecule has 1 aromatic heterocycles. The van der Waals surface area contributed by atoms with Crippen LogP contribution in [0.3, 0.4) is 0 Å². The van der Waals surface area contributed by atoms with Gasteiger partial charge in [0.15, 0.2) is 0 Å². The topological polar surface area (TPSA) is 51.5 Å². The van der Waals surface area contributed by atoms with Crippen molar-refractivity contribution >= 4 is 0 Å². The Morgan fingerprint density at radius 1 is 1.55 bits per heavy atom. The summed E-state index contributed by atoms with van der Waals surface area (Å²) >= 11 is 0. The summed E-state index contributed by atoms with van der Waals surface area (Å²) in [4.78, 5) is 10.8. The zero-order chi connectivity index (χ0) is 8.43. The maximum atomic E-state index is 10.8. The van der Waals surface area contributed by atoms with Crippen LogP contribution in [0.25, 0.3) is 0 Å². The van der Waals surface area contributed by atoms with E-state index in [1.54, 1.807) is 6.92 Å². The summed E-state index contributed by atoms with van der Waals surface area (Å²) in [5.74, 6) is 0.493. The molecule has 0 spiro atoms. The quantitative estimate of drug-likeness (QED) is 0.597. The highest BCUT2D eigenvalue weighted by Gasteiger charge is 2.02. The third-order valence-corrected chi connectivity index (χ3v) is 1.48. The van der Waals surface area contributed by atoms with Crippen LogP contribution in [0.1, 0.15) is 5.69 Å². The van der Waals surface area contributed by atoms with Gasteiger partial charge in [0.2, 0.25) is 0 Å². The fourth-order valence-electron chi connectivity index (χ4n) is 0.824. The van der Waals surface area contributed by atoms with Gasteiger partial charge in [0, 0.05) is 6.07 Å². The van der Waals surface area contributed by atoms with Crippen LogP contribution in [0.15, 0.2) is 16.9 Å². The van der Waals surface area contributed by atoms with Gasteiger partial charge in [-0.25, -0.2) is 0 Å². The van der Waals surface area contributed by atoms with Gasteiger partial charge in [0.1, 0.15) is 5.75 Å². The molecule has 0 aliphatic rings. The Morgan fingerprint density at radius 3 is 2.73 bits per heavy atom. The molecular weight excluding hydrogens is 146 g/mol. The number of methoxy groups -OCH3 is 1. The van der Waals surface area contributed by atoms with Crippen LogP contribution in [0.2, 0.25) is 0 Å². The lowest BCUT2D eigenvalue weighted by atomic mass is 10.3. The molecule has 60 valence electrons. The molecule has 1 rings (SSSR count). The van der Waals surface area contributed by atoms with Crippen molar-refractivity contribution in [3.63, 3.8) is 0 Å². The average molecular weight is 155 g/mol. The molecule has 1 N–H and O–H groups in total. The first-order chi connectivity index (χ1) is 5.16. The van der Waals surface area contributed by atoms with Gasteiger partial charge in [-0.05, 0) is 13.0 Å². The predicted octanol–water partition coefficient (Wildman–Crippen LogP) is 0.403. The zero-order valence-electron chi connectivity index (χ0n) is 6.37. The van der Waals surface area contributed by atoms with Crippen molar-refractivity contribution in [2.75, 3.05) is 7.11 Å². The Balaban J connectivity index is 3.37. The molecule has 1 heterocycles. The Morgan fingerprint density at radius 2 is 2.18 bits per heavy atom. The SMILES string of the molecule is COc1ccc(=O)n(O)c1C. The van der Waals surface area contributed by atoms with Crippen molar-refractivity contribution in [1.82, 2.24) is 4.73 Å². The largest absolute Gasteiger partial charge is 0.495 e. The number of rotatable bonds is 1. The molecule has 4 heteroatoms. The van der Waals surface area contributed by atoms with Gasteiger partial charge < -0.3 is 9.94 Å². The van der Waals surface area contributed by atoms with Crippen molar-refractivity contribution in [3.8, 4) is 5.75 Å². The molecule has 0 unspecified atom stereocenters. The highest BCUT2D eigenvalue weighted by Crippen LogP contribution is 2.11. The van der Waals surface area contributed by atoms with E-state index in [0.717, 1.165) is 0 Å². The number of aromatic nitrogens is 1. The maximum Gasteiger partial charge on any atom is 0.283 e. The van der Waals surface area contributed by atoms with Gasteiger partial charge in [-0.3, -0.25) is 4.79 Å². The molecule has 0 atom stereocenters. The van der Waals surface area contributed by atoms with E-state index in [1.165, 1.54) is 19.2 Å². The van der Waals surface area contributed by atoms with E-state index < -0.39 is 5.56 Å². The Hall–Kier alpha value is -1.45. The Bertz CT molecular complexity index is 316. The van der Waals surface area contributed by atoms with Gasteiger partial charge >= 0.3 is 0 Å². The molecule has 0 aliphatic heterocycles. The van der Waals surface area contributed by atoms with Crippen LogP contribution in [0.5, 0.6) is 5.75 Å². The zero-order valence-corrected chi connectivity index (χ0v) is 6.37. The van der Waals surface area contributed by atoms with Crippen molar-refractivity contribution < 1.29 is 9.94 Å². The van der Waals surface area contributed by atoms with E-state index in [9.17, 15) is 4.79 Å². The summed E-state index contributed by atoms with van der Waals surface area (Å²) in [6.07, 6.45) is 0. The fraction of sp³-hybridized carbons (Fsp3) is 0.286. The molecule has 4 nitrogen and oxygen atoms in total. The molecule has 0 amide bonds. The van der Waals surface area contributed by atoms with Crippen LogP contribution in [0, 0.1) is 6.92 Å². The fourth-order valence-corrected chi connectivity index (χ4v) is 0.824. The van der Waals surface area contributed by atoms with Crippen LogP contribution >= 0.6 is 0 Å². The highest BCUT2D eigenvalue weighted by molar-refractivity contribution is 5.25. The molecule has 0 fully saturated rings. The third kappa shape index (κ3) is 1.19. The highest BCUT2D eigenvalue weighted by atomic mass is 16.5. The van der Waals surface area contributed by atoms with Gasteiger partial charge in [-0.2, -0.15) is 0 Å². The van der Waals surface area contributed by atoms with E-state index in [2.05, 4.69) is 0 Å². The van der Waals surface area contributed by atoms with E-state index >= 15 is 0 Å². The second-order valence-corrected chi connectivity index (χ2v) is 2.14. The van der Waals surface area contributed by atoms with Gasteiger partial charge in [-0.15, -0.1) is 4.73 Å². The van der Waals surface area contributed by atoms with Crippen molar-refractivity contribution in [3.05, 3.63) is 28.2 Å². The van der Waals surface area contributed by atoms with Crippen molar-refractivity contribution in [2.45, 2.75) is 6.92 Å². The number of pyridine rings is 1. The second-order valence-electron chi connectivity index (χ2n) is 2.14. The van der Waals surface area contributed by atoms with Gasteiger partial charge in [0.25, 0.3) is 5.56 Å². The summed E-state index contributed by atoms with van der Waals surface area (Å²) in [6.45, 7) is 1.60. The second kappa shape index (κ2) is 2.65. The molecule has 0 saturated carbocycles. The molecule has 11 heavy (non-hydrogen) atoms. The summed E-state index contributed by atoms with van der Waals surface area (Å²) in [7, 11) is 1.48. The number of ether oxygens (including phenoxy) is 1. The lowest BCUT2D eigenvalue weighted by Gasteiger charge is -2.05. The van der Waals surface area contributed by atoms with Crippen molar-refractivity contribution in [1.29, 1.82) is 0 Å². The Kier molecular flexibility index (Phi) is 1.85. The summed E-state index contributed by atoms with van der Waals surface area (Å²) in [5.41, 5.74) is -0.0525. The van der Waals surface area contributed by atoms with Crippen LogP contribution in [0.4, 0.5) is 0 Å². The normalized spacial score (nSPS) is 9.64. The van der Waals surface area contributed by atoms with E-state index in [0.29, 0.717) is 16.2 Å². The Labute approximate surface area is 63.6 Å². The van der Waals surface area contributed by atoms with E-state index in [4.69, 9.17) is 9.94 Å². The number of nitrogens with zero attached hydrogens (tertiary/aromatic N) is 1. The first-order valence-electron chi connectivity index (χ1n) is 3.12. The minimum Gasteiger partial charge on any atom is -0.495 e. The van der Waals surface area contributed by atoms with Crippen LogP contribution < -0.4 is 10.3 Å². The smallest absolute Gasteiger partial charge is 0.283 e. The summed E-state index contributed by atoms with van der Waals surface area (Å²) in [5, 5.41) is 9.04. The average Bonchev–Trinajstić information content (AvgIpc) is 2.01. The van der Waals surface area contributed by atoms with Crippen LogP contribution in [-0.2, 0) is 0 Å². The van der Waals surface area contributed by atoms with Gasteiger partial charge in [-0.1, -0.05) is 0 Å². The molecule has 1 aromatic rings. The monoisotopic (exact) mass is 155 g/mol. The first-order valence-corrected chi connectivity index (χ1v) is 3.12.